The predicted octanol–water partition coefficient (Wildman–Crippen LogP) is 2.90. The van der Waals surface area contributed by atoms with Gasteiger partial charge in [-0.25, -0.2) is 4.79 Å². The molecule has 1 atom stereocenters. The van der Waals surface area contributed by atoms with Crippen molar-refractivity contribution in [3.8, 4) is 5.75 Å². The Morgan fingerprint density at radius 1 is 1.60 bits per heavy atom. The average molecular weight is 274 g/mol. The standard InChI is InChI=1S/C16H22N2O2/c1-4-10-17-15-9-7-12-6-8-13(11-14(12)15)20-16(19)18(3)5-2/h4,6,8,11,15,17H,1,5,7,9-10H2,2-3H3/t15-/m1/s1. The Balaban J connectivity index is 2.10. The Labute approximate surface area is 120 Å². The van der Waals surface area contributed by atoms with Crippen LogP contribution in [0, 0.1) is 0 Å². The molecule has 1 aromatic rings. The van der Waals surface area contributed by atoms with Gasteiger partial charge in [-0.15, -0.1) is 6.58 Å². The number of nitrogens with zero attached hydrogens (tertiary/aromatic N) is 1. The fraction of sp³-hybridized carbons (Fsp3) is 0.438. The van der Waals surface area contributed by atoms with E-state index in [1.165, 1.54) is 11.1 Å². The lowest BCUT2D eigenvalue weighted by Gasteiger charge is -2.16. The molecule has 0 saturated carbocycles. The molecule has 0 aliphatic heterocycles. The van der Waals surface area contributed by atoms with Crippen LogP contribution < -0.4 is 10.1 Å². The SMILES string of the molecule is C=CCN[C@@H]1CCc2ccc(OC(=O)N(C)CC)cc21. The van der Waals surface area contributed by atoms with Crippen molar-refractivity contribution in [3.63, 3.8) is 0 Å². The van der Waals surface area contributed by atoms with E-state index in [9.17, 15) is 4.79 Å². The highest BCUT2D eigenvalue weighted by atomic mass is 16.6. The van der Waals surface area contributed by atoms with Gasteiger partial charge in [0, 0.05) is 26.2 Å². The minimum Gasteiger partial charge on any atom is -0.410 e. The van der Waals surface area contributed by atoms with Crippen LogP contribution in [0.2, 0.25) is 0 Å². The summed E-state index contributed by atoms with van der Waals surface area (Å²) in [6, 6.07) is 6.23. The van der Waals surface area contributed by atoms with E-state index in [1.807, 2.05) is 25.1 Å². The van der Waals surface area contributed by atoms with Crippen molar-refractivity contribution >= 4 is 6.09 Å². The third-order valence-corrected chi connectivity index (χ3v) is 3.69. The number of benzene rings is 1. The van der Waals surface area contributed by atoms with Crippen molar-refractivity contribution in [2.45, 2.75) is 25.8 Å². The predicted molar refractivity (Wildman–Crippen MR) is 80.0 cm³/mol. The number of nitrogens with one attached hydrogen (secondary N) is 1. The van der Waals surface area contributed by atoms with Crippen LogP contribution in [-0.2, 0) is 6.42 Å². The highest BCUT2D eigenvalue weighted by molar-refractivity contribution is 5.70. The Morgan fingerprint density at radius 3 is 3.10 bits per heavy atom. The van der Waals surface area contributed by atoms with Crippen molar-refractivity contribution in [3.05, 3.63) is 42.0 Å². The maximum absolute atomic E-state index is 11.8. The molecule has 0 unspecified atom stereocenters. The van der Waals surface area contributed by atoms with E-state index in [2.05, 4.69) is 18.0 Å². The van der Waals surface area contributed by atoms with Crippen LogP contribution in [0.5, 0.6) is 5.75 Å². The third-order valence-electron chi connectivity index (χ3n) is 3.69. The van der Waals surface area contributed by atoms with E-state index >= 15 is 0 Å². The van der Waals surface area contributed by atoms with E-state index in [0.29, 0.717) is 18.3 Å². The first-order valence-corrected chi connectivity index (χ1v) is 7.05. The molecule has 1 amide bonds. The zero-order chi connectivity index (χ0) is 14.5. The van der Waals surface area contributed by atoms with Crippen LogP contribution in [0.25, 0.3) is 0 Å². The molecule has 4 nitrogen and oxygen atoms in total. The number of rotatable bonds is 5. The van der Waals surface area contributed by atoms with Gasteiger partial charge in [0.2, 0.25) is 0 Å². The Morgan fingerprint density at radius 2 is 2.40 bits per heavy atom. The second-order valence-electron chi connectivity index (χ2n) is 5.03. The summed E-state index contributed by atoms with van der Waals surface area (Å²) in [6.07, 6.45) is 3.68. The maximum Gasteiger partial charge on any atom is 0.414 e. The summed E-state index contributed by atoms with van der Waals surface area (Å²) in [5, 5.41) is 3.43. The number of aryl methyl sites for hydroxylation is 1. The Hall–Kier alpha value is -1.81. The van der Waals surface area contributed by atoms with Crippen molar-refractivity contribution in [1.29, 1.82) is 0 Å². The molecule has 4 heteroatoms. The second kappa shape index (κ2) is 6.57. The van der Waals surface area contributed by atoms with Gasteiger partial charge < -0.3 is 15.0 Å². The topological polar surface area (TPSA) is 41.6 Å². The smallest absolute Gasteiger partial charge is 0.410 e. The quantitative estimate of drug-likeness (QED) is 0.839. The Bertz CT molecular complexity index is 499. The molecule has 20 heavy (non-hydrogen) atoms. The summed E-state index contributed by atoms with van der Waals surface area (Å²) >= 11 is 0. The largest absolute Gasteiger partial charge is 0.414 e. The van der Waals surface area contributed by atoms with E-state index in [4.69, 9.17) is 4.74 Å². The third kappa shape index (κ3) is 3.20. The fourth-order valence-corrected chi connectivity index (χ4v) is 2.39. The van der Waals surface area contributed by atoms with Crippen molar-refractivity contribution in [1.82, 2.24) is 10.2 Å². The van der Waals surface area contributed by atoms with E-state index in [0.717, 1.165) is 19.4 Å². The normalized spacial score (nSPS) is 16.6. The molecule has 0 fully saturated rings. The summed E-state index contributed by atoms with van der Waals surface area (Å²) in [4.78, 5) is 13.3. The monoisotopic (exact) mass is 274 g/mol. The van der Waals surface area contributed by atoms with Gasteiger partial charge in [0.1, 0.15) is 5.75 Å². The molecular weight excluding hydrogens is 252 g/mol. The number of carbonyl (C=O) groups excluding carboxylic acids is 1. The number of ether oxygens (including phenoxy) is 1. The average Bonchev–Trinajstić information content (AvgIpc) is 2.86. The lowest BCUT2D eigenvalue weighted by Crippen LogP contribution is -2.29. The van der Waals surface area contributed by atoms with Crippen LogP contribution >= 0.6 is 0 Å². The lowest BCUT2D eigenvalue weighted by molar-refractivity contribution is 0.165. The van der Waals surface area contributed by atoms with Crippen molar-refractivity contribution in [2.75, 3.05) is 20.1 Å². The molecule has 2 rings (SSSR count). The van der Waals surface area contributed by atoms with Gasteiger partial charge in [0.25, 0.3) is 0 Å². The van der Waals surface area contributed by atoms with E-state index < -0.39 is 0 Å². The summed E-state index contributed by atoms with van der Waals surface area (Å²) in [6.45, 7) is 7.06. The molecule has 1 aliphatic carbocycles. The number of hydrogen-bond acceptors (Lipinski definition) is 3. The molecule has 1 aromatic carbocycles. The van der Waals surface area contributed by atoms with Crippen molar-refractivity contribution < 1.29 is 9.53 Å². The molecule has 0 bridgehead atoms. The molecule has 1 aliphatic rings. The molecular formula is C16H22N2O2. The highest BCUT2D eigenvalue weighted by Crippen LogP contribution is 2.33. The van der Waals surface area contributed by atoms with E-state index in [1.54, 1.807) is 11.9 Å². The maximum atomic E-state index is 11.8. The number of amides is 1. The molecule has 0 radical (unpaired) electrons. The lowest BCUT2D eigenvalue weighted by atomic mass is 10.1. The zero-order valence-electron chi connectivity index (χ0n) is 12.2. The van der Waals surface area contributed by atoms with Gasteiger partial charge in [0.05, 0.1) is 0 Å². The fourth-order valence-electron chi connectivity index (χ4n) is 2.39. The van der Waals surface area contributed by atoms with Crippen LogP contribution in [0.15, 0.2) is 30.9 Å². The van der Waals surface area contributed by atoms with Gasteiger partial charge >= 0.3 is 6.09 Å². The highest BCUT2D eigenvalue weighted by Gasteiger charge is 2.22. The first-order valence-electron chi connectivity index (χ1n) is 7.05. The van der Waals surface area contributed by atoms with Gasteiger partial charge in [-0.2, -0.15) is 0 Å². The van der Waals surface area contributed by atoms with Gasteiger partial charge in [-0.05, 0) is 43.0 Å². The summed E-state index contributed by atoms with van der Waals surface area (Å²) in [7, 11) is 1.73. The summed E-state index contributed by atoms with van der Waals surface area (Å²) < 4.78 is 5.38. The molecule has 0 aromatic heterocycles. The second-order valence-corrected chi connectivity index (χ2v) is 5.03. The molecule has 0 spiro atoms. The number of fused-ring (bicyclic) bond motifs is 1. The first kappa shape index (κ1) is 14.6. The van der Waals surface area contributed by atoms with Crippen LogP contribution in [0.1, 0.15) is 30.5 Å². The minimum atomic E-state index is -0.318. The van der Waals surface area contributed by atoms with Crippen LogP contribution in [-0.4, -0.2) is 31.1 Å². The molecule has 1 N–H and O–H groups in total. The van der Waals surface area contributed by atoms with Gasteiger partial charge in [0.15, 0.2) is 0 Å². The van der Waals surface area contributed by atoms with Crippen LogP contribution in [0.4, 0.5) is 4.79 Å². The Kier molecular flexibility index (Phi) is 4.79. The molecule has 0 saturated heterocycles. The minimum absolute atomic E-state index is 0.318. The van der Waals surface area contributed by atoms with Crippen LogP contribution in [0.3, 0.4) is 0 Å². The molecule has 108 valence electrons. The summed E-state index contributed by atoms with van der Waals surface area (Å²) in [5.74, 6) is 0.612. The number of carbonyl (C=O) groups is 1. The van der Waals surface area contributed by atoms with E-state index in [-0.39, 0.29) is 6.09 Å². The molecule has 0 heterocycles. The summed E-state index contributed by atoms with van der Waals surface area (Å²) in [5.41, 5.74) is 2.56. The zero-order valence-corrected chi connectivity index (χ0v) is 12.2. The van der Waals surface area contributed by atoms with Gasteiger partial charge in [-0.3, -0.25) is 0 Å². The first-order chi connectivity index (χ1) is 9.65. The van der Waals surface area contributed by atoms with Gasteiger partial charge in [-0.1, -0.05) is 12.1 Å². The van der Waals surface area contributed by atoms with Crippen molar-refractivity contribution in [2.24, 2.45) is 0 Å². The number of hydrogen-bond donors (Lipinski definition) is 1.